The molecule has 2 atom stereocenters. The fraction of sp³-hybridized carbons (Fsp3) is 0.375. The van der Waals surface area contributed by atoms with Crippen molar-refractivity contribution in [1.29, 1.82) is 0 Å². The van der Waals surface area contributed by atoms with E-state index in [4.69, 9.17) is 4.52 Å². The Labute approximate surface area is 123 Å². The van der Waals surface area contributed by atoms with Crippen LogP contribution in [-0.4, -0.2) is 28.8 Å². The summed E-state index contributed by atoms with van der Waals surface area (Å²) in [5, 5.41) is 16.5. The molecular weight excluding hydrogens is 268 g/mol. The molecule has 1 aliphatic carbocycles. The highest BCUT2D eigenvalue weighted by Crippen LogP contribution is 2.25. The Morgan fingerprint density at radius 2 is 2.14 bits per heavy atom. The van der Waals surface area contributed by atoms with Gasteiger partial charge in [0.1, 0.15) is 5.69 Å². The van der Waals surface area contributed by atoms with Crippen LogP contribution in [0.25, 0.3) is 11.3 Å². The van der Waals surface area contributed by atoms with Crippen LogP contribution in [0.3, 0.4) is 0 Å². The third-order valence-electron chi connectivity index (χ3n) is 3.95. The molecule has 1 amide bonds. The Bertz CT molecular complexity index is 609. The molecule has 1 aromatic carbocycles. The van der Waals surface area contributed by atoms with Crippen LogP contribution in [0.2, 0.25) is 0 Å². The van der Waals surface area contributed by atoms with E-state index in [1.165, 1.54) is 0 Å². The molecule has 0 spiro atoms. The van der Waals surface area contributed by atoms with Gasteiger partial charge in [0, 0.05) is 24.1 Å². The highest BCUT2D eigenvalue weighted by Gasteiger charge is 2.26. The summed E-state index contributed by atoms with van der Waals surface area (Å²) in [5.41, 5.74) is 1.55. The summed E-state index contributed by atoms with van der Waals surface area (Å²) in [6, 6.07) is 11.2. The monoisotopic (exact) mass is 286 g/mol. The van der Waals surface area contributed by atoms with E-state index in [9.17, 15) is 9.90 Å². The molecule has 3 rings (SSSR count). The molecule has 0 saturated heterocycles. The molecule has 0 aliphatic heterocycles. The predicted octanol–water partition coefficient (Wildman–Crippen LogP) is 2.23. The van der Waals surface area contributed by atoms with Crippen LogP contribution in [0, 0.1) is 5.92 Å². The second kappa shape index (κ2) is 6.10. The van der Waals surface area contributed by atoms with Gasteiger partial charge in [-0.05, 0) is 12.8 Å². The topological polar surface area (TPSA) is 75.4 Å². The van der Waals surface area contributed by atoms with E-state index in [1.807, 2.05) is 30.3 Å². The van der Waals surface area contributed by atoms with Gasteiger partial charge in [0.2, 0.25) is 5.76 Å². The molecule has 1 heterocycles. The molecular formula is C16H18N2O3. The number of carbonyl (C=O) groups excluding carboxylic acids is 1. The summed E-state index contributed by atoms with van der Waals surface area (Å²) >= 11 is 0. The van der Waals surface area contributed by atoms with Crippen LogP contribution in [0.1, 0.15) is 29.8 Å². The van der Waals surface area contributed by atoms with Crippen LogP contribution < -0.4 is 5.32 Å². The van der Waals surface area contributed by atoms with Gasteiger partial charge >= 0.3 is 0 Å². The number of hydrogen-bond donors (Lipinski definition) is 2. The van der Waals surface area contributed by atoms with E-state index in [1.54, 1.807) is 6.07 Å². The molecule has 1 aliphatic rings. The van der Waals surface area contributed by atoms with Gasteiger partial charge in [0.05, 0.1) is 6.10 Å². The number of aromatic nitrogens is 1. The number of hydrogen-bond acceptors (Lipinski definition) is 4. The fourth-order valence-corrected chi connectivity index (χ4v) is 2.69. The van der Waals surface area contributed by atoms with Crippen molar-refractivity contribution in [1.82, 2.24) is 10.5 Å². The number of nitrogens with one attached hydrogen (secondary N) is 1. The Morgan fingerprint density at radius 1 is 1.33 bits per heavy atom. The van der Waals surface area contributed by atoms with Crippen LogP contribution in [0.5, 0.6) is 0 Å². The Morgan fingerprint density at radius 3 is 2.86 bits per heavy atom. The average molecular weight is 286 g/mol. The van der Waals surface area contributed by atoms with Crippen molar-refractivity contribution in [3.8, 4) is 11.3 Å². The SMILES string of the molecule is O=C(NCC1CCCC1O)c1cc(-c2ccccc2)no1. The molecule has 2 N–H and O–H groups in total. The van der Waals surface area contributed by atoms with Crippen LogP contribution in [-0.2, 0) is 0 Å². The predicted molar refractivity (Wildman–Crippen MR) is 77.6 cm³/mol. The molecule has 2 unspecified atom stereocenters. The number of nitrogens with zero attached hydrogens (tertiary/aromatic N) is 1. The summed E-state index contributed by atoms with van der Waals surface area (Å²) in [6.07, 6.45) is 2.48. The maximum atomic E-state index is 12.0. The highest BCUT2D eigenvalue weighted by molar-refractivity contribution is 5.92. The lowest BCUT2D eigenvalue weighted by atomic mass is 10.1. The van der Waals surface area contributed by atoms with Crippen molar-refractivity contribution in [2.75, 3.05) is 6.54 Å². The zero-order valence-electron chi connectivity index (χ0n) is 11.7. The van der Waals surface area contributed by atoms with Crippen molar-refractivity contribution < 1.29 is 14.4 Å². The second-order valence-corrected chi connectivity index (χ2v) is 5.41. The Hall–Kier alpha value is -2.14. The van der Waals surface area contributed by atoms with E-state index in [0.29, 0.717) is 12.2 Å². The third-order valence-corrected chi connectivity index (χ3v) is 3.95. The zero-order valence-corrected chi connectivity index (χ0v) is 11.7. The number of rotatable bonds is 4. The lowest BCUT2D eigenvalue weighted by Gasteiger charge is -2.14. The molecule has 2 aromatic rings. The zero-order chi connectivity index (χ0) is 14.7. The van der Waals surface area contributed by atoms with Gasteiger partial charge in [-0.3, -0.25) is 4.79 Å². The minimum absolute atomic E-state index is 0.144. The third kappa shape index (κ3) is 3.13. The first-order chi connectivity index (χ1) is 10.2. The maximum absolute atomic E-state index is 12.0. The van der Waals surface area contributed by atoms with Gasteiger partial charge in [-0.25, -0.2) is 0 Å². The quantitative estimate of drug-likeness (QED) is 0.903. The van der Waals surface area contributed by atoms with Gasteiger partial charge < -0.3 is 14.9 Å². The van der Waals surface area contributed by atoms with E-state index in [0.717, 1.165) is 24.8 Å². The molecule has 21 heavy (non-hydrogen) atoms. The molecule has 0 bridgehead atoms. The number of carbonyl (C=O) groups is 1. The number of aliphatic hydroxyl groups is 1. The van der Waals surface area contributed by atoms with Gasteiger partial charge in [-0.15, -0.1) is 0 Å². The van der Waals surface area contributed by atoms with E-state index >= 15 is 0 Å². The van der Waals surface area contributed by atoms with E-state index < -0.39 is 0 Å². The largest absolute Gasteiger partial charge is 0.393 e. The van der Waals surface area contributed by atoms with Gasteiger partial charge in [0.25, 0.3) is 5.91 Å². The van der Waals surface area contributed by atoms with Crippen LogP contribution in [0.4, 0.5) is 0 Å². The van der Waals surface area contributed by atoms with E-state index in [-0.39, 0.29) is 23.7 Å². The highest BCUT2D eigenvalue weighted by atomic mass is 16.5. The van der Waals surface area contributed by atoms with Gasteiger partial charge in [-0.2, -0.15) is 0 Å². The first-order valence-electron chi connectivity index (χ1n) is 7.22. The number of amides is 1. The molecule has 5 nitrogen and oxygen atoms in total. The lowest BCUT2D eigenvalue weighted by molar-refractivity contribution is 0.0881. The summed E-state index contributed by atoms with van der Waals surface area (Å²) in [4.78, 5) is 12.0. The smallest absolute Gasteiger partial charge is 0.289 e. The Kier molecular flexibility index (Phi) is 4.01. The maximum Gasteiger partial charge on any atom is 0.289 e. The van der Waals surface area contributed by atoms with Crippen molar-refractivity contribution in [3.63, 3.8) is 0 Å². The first kappa shape index (κ1) is 13.8. The molecule has 1 fully saturated rings. The molecule has 110 valence electrons. The standard InChI is InChI=1S/C16H18N2O3/c19-14-8-4-7-12(14)10-17-16(20)15-9-13(18-21-15)11-5-2-1-3-6-11/h1-3,5-6,9,12,14,19H,4,7-8,10H2,(H,17,20). The van der Waals surface area contributed by atoms with E-state index in [2.05, 4.69) is 10.5 Å². The second-order valence-electron chi connectivity index (χ2n) is 5.41. The van der Waals surface area contributed by atoms with Crippen molar-refractivity contribution in [2.45, 2.75) is 25.4 Å². The summed E-state index contributed by atoms with van der Waals surface area (Å²) in [7, 11) is 0. The molecule has 1 saturated carbocycles. The molecule has 1 aromatic heterocycles. The van der Waals surface area contributed by atoms with Crippen LogP contribution in [0.15, 0.2) is 40.9 Å². The lowest BCUT2D eigenvalue weighted by Crippen LogP contribution is -2.32. The average Bonchev–Trinajstić information content (AvgIpc) is 3.15. The summed E-state index contributed by atoms with van der Waals surface area (Å²) in [6.45, 7) is 0.474. The fourth-order valence-electron chi connectivity index (χ4n) is 2.69. The molecule has 0 radical (unpaired) electrons. The van der Waals surface area contributed by atoms with Crippen molar-refractivity contribution >= 4 is 5.91 Å². The van der Waals surface area contributed by atoms with Crippen molar-refractivity contribution in [3.05, 3.63) is 42.2 Å². The van der Waals surface area contributed by atoms with Gasteiger partial charge in [-0.1, -0.05) is 41.9 Å². The summed E-state index contributed by atoms with van der Waals surface area (Å²) in [5.74, 6) is 0.0515. The van der Waals surface area contributed by atoms with Crippen molar-refractivity contribution in [2.24, 2.45) is 5.92 Å². The number of aliphatic hydroxyl groups excluding tert-OH is 1. The van der Waals surface area contributed by atoms with Crippen LogP contribution >= 0.6 is 0 Å². The summed E-state index contributed by atoms with van der Waals surface area (Å²) < 4.78 is 5.10. The molecule has 5 heteroatoms. The normalized spacial score (nSPS) is 21.4. The minimum Gasteiger partial charge on any atom is -0.393 e. The minimum atomic E-state index is -0.306. The Balaban J connectivity index is 1.62. The number of benzene rings is 1. The van der Waals surface area contributed by atoms with Gasteiger partial charge in [0.15, 0.2) is 0 Å². The first-order valence-corrected chi connectivity index (χ1v) is 7.22.